The molecule has 0 radical (unpaired) electrons. The number of nitro benzene ring substituents is 1. The molecule has 2 unspecified atom stereocenters. The van der Waals surface area contributed by atoms with E-state index in [-0.39, 0.29) is 23.3 Å². The second-order valence-corrected chi connectivity index (χ2v) is 8.89. The molecule has 2 atom stereocenters. The van der Waals surface area contributed by atoms with Crippen LogP contribution >= 0.6 is 0 Å². The zero-order valence-corrected chi connectivity index (χ0v) is 18.8. The average molecular weight is 439 g/mol. The van der Waals surface area contributed by atoms with Crippen LogP contribution in [0, 0.1) is 24.0 Å². The molecule has 0 saturated carbocycles. The normalized spacial score (nSPS) is 21.2. The van der Waals surface area contributed by atoms with Gasteiger partial charge in [-0.25, -0.2) is 0 Å². The molecule has 2 aromatic rings. The van der Waals surface area contributed by atoms with E-state index in [2.05, 4.69) is 47.2 Å². The molecule has 1 heterocycles. The van der Waals surface area contributed by atoms with Crippen LogP contribution in [0.2, 0.25) is 0 Å². The topological polar surface area (TPSA) is 98.9 Å². The van der Waals surface area contributed by atoms with E-state index in [9.17, 15) is 20.0 Å². The van der Waals surface area contributed by atoms with Crippen LogP contribution in [0.4, 0.5) is 17.1 Å². The summed E-state index contributed by atoms with van der Waals surface area (Å²) in [6.07, 6.45) is 0.334. The Morgan fingerprint density at radius 3 is 2.50 bits per heavy atom. The largest absolute Gasteiger partial charge is 0.391 e. The minimum absolute atomic E-state index is 0.103. The van der Waals surface area contributed by atoms with E-state index < -0.39 is 11.0 Å². The first-order valence-corrected chi connectivity index (χ1v) is 11.1. The van der Waals surface area contributed by atoms with Gasteiger partial charge in [-0.15, -0.1) is 0 Å². The number of anilines is 2. The van der Waals surface area contributed by atoms with Gasteiger partial charge in [0.25, 0.3) is 5.69 Å². The number of piperazine rings is 1. The number of nitro groups is 1. The van der Waals surface area contributed by atoms with Crippen LogP contribution < -0.4 is 10.2 Å². The third kappa shape index (κ3) is 4.33. The first-order chi connectivity index (χ1) is 15.2. The van der Waals surface area contributed by atoms with Gasteiger partial charge in [0.05, 0.1) is 11.0 Å². The van der Waals surface area contributed by atoms with Crippen LogP contribution in [-0.2, 0) is 17.6 Å². The standard InChI is InChI=1S/C24H30N4O4/c1-15-4-5-16(2)21(12-15)26-8-10-27(11-9-26)22-14-19-18(13-23(22)30)6-7-20(28(31)32)24(19)25-17(3)29/h4-7,12,22-23,30H,8-11,13-14H2,1-3H3,(H,25,29). The van der Waals surface area contributed by atoms with Crippen molar-refractivity contribution >= 4 is 23.0 Å². The zero-order valence-electron chi connectivity index (χ0n) is 18.8. The third-order valence-corrected chi connectivity index (χ3v) is 6.66. The van der Waals surface area contributed by atoms with Crippen molar-refractivity contribution in [1.82, 2.24) is 4.90 Å². The Balaban J connectivity index is 1.55. The zero-order chi connectivity index (χ0) is 23.0. The second kappa shape index (κ2) is 8.88. The summed E-state index contributed by atoms with van der Waals surface area (Å²) in [5.41, 5.74) is 5.53. The van der Waals surface area contributed by atoms with Crippen molar-refractivity contribution in [3.63, 3.8) is 0 Å². The lowest BCUT2D eigenvalue weighted by atomic mass is 9.83. The Labute approximate surface area is 188 Å². The summed E-state index contributed by atoms with van der Waals surface area (Å²) in [7, 11) is 0. The van der Waals surface area contributed by atoms with Crippen molar-refractivity contribution in [2.24, 2.45) is 0 Å². The van der Waals surface area contributed by atoms with E-state index >= 15 is 0 Å². The quantitative estimate of drug-likeness (QED) is 0.563. The van der Waals surface area contributed by atoms with Crippen molar-refractivity contribution in [2.75, 3.05) is 36.4 Å². The summed E-state index contributed by atoms with van der Waals surface area (Å²) < 4.78 is 0. The van der Waals surface area contributed by atoms with Gasteiger partial charge < -0.3 is 15.3 Å². The molecule has 2 aliphatic rings. The fourth-order valence-corrected chi connectivity index (χ4v) is 5.00. The van der Waals surface area contributed by atoms with Crippen molar-refractivity contribution in [3.05, 3.63) is 62.7 Å². The van der Waals surface area contributed by atoms with Crippen molar-refractivity contribution in [1.29, 1.82) is 0 Å². The van der Waals surface area contributed by atoms with Gasteiger partial charge in [-0.3, -0.25) is 19.8 Å². The Kier molecular flexibility index (Phi) is 6.17. The van der Waals surface area contributed by atoms with E-state index in [0.29, 0.717) is 12.8 Å². The molecule has 8 nitrogen and oxygen atoms in total. The number of carbonyl (C=O) groups excluding carboxylic acids is 1. The smallest absolute Gasteiger partial charge is 0.293 e. The predicted octanol–water partition coefficient (Wildman–Crippen LogP) is 2.82. The minimum Gasteiger partial charge on any atom is -0.391 e. The van der Waals surface area contributed by atoms with Gasteiger partial charge in [-0.1, -0.05) is 18.2 Å². The van der Waals surface area contributed by atoms with Crippen LogP contribution in [-0.4, -0.2) is 59.2 Å². The van der Waals surface area contributed by atoms with Crippen LogP contribution in [0.25, 0.3) is 0 Å². The summed E-state index contributed by atoms with van der Waals surface area (Å²) in [6, 6.07) is 9.47. The van der Waals surface area contributed by atoms with Crippen molar-refractivity contribution < 1.29 is 14.8 Å². The maximum atomic E-state index is 11.7. The maximum Gasteiger partial charge on any atom is 0.293 e. The lowest BCUT2D eigenvalue weighted by molar-refractivity contribution is -0.384. The summed E-state index contributed by atoms with van der Waals surface area (Å²) in [4.78, 5) is 27.5. The number of carbonyl (C=O) groups is 1. The summed E-state index contributed by atoms with van der Waals surface area (Å²) in [5, 5.41) is 25.1. The monoisotopic (exact) mass is 438 g/mol. The van der Waals surface area contributed by atoms with Crippen molar-refractivity contribution in [2.45, 2.75) is 45.8 Å². The number of hydrogen-bond acceptors (Lipinski definition) is 6. The number of nitrogens with one attached hydrogen (secondary N) is 1. The first-order valence-electron chi connectivity index (χ1n) is 11.1. The van der Waals surface area contributed by atoms with Gasteiger partial charge in [-0.05, 0) is 48.6 Å². The molecule has 0 bridgehead atoms. The number of aliphatic hydroxyl groups excluding tert-OH is 1. The number of fused-ring (bicyclic) bond motifs is 1. The van der Waals surface area contributed by atoms with E-state index in [1.54, 1.807) is 6.07 Å². The number of aliphatic hydroxyl groups is 1. The molecule has 4 rings (SSSR count). The SMILES string of the molecule is CC(=O)Nc1c([N+](=O)[O-])ccc2c1CC(N1CCN(c3cc(C)ccc3C)CC1)C(O)C2. The van der Waals surface area contributed by atoms with Gasteiger partial charge in [0.1, 0.15) is 5.69 Å². The molecule has 1 aliphatic carbocycles. The number of benzene rings is 2. The summed E-state index contributed by atoms with van der Waals surface area (Å²) >= 11 is 0. The molecule has 1 saturated heterocycles. The van der Waals surface area contributed by atoms with Crippen LogP contribution in [0.15, 0.2) is 30.3 Å². The summed E-state index contributed by atoms with van der Waals surface area (Å²) in [6.45, 7) is 8.89. The van der Waals surface area contributed by atoms with E-state index in [4.69, 9.17) is 0 Å². The molecule has 0 spiro atoms. The van der Waals surface area contributed by atoms with Crippen LogP contribution in [0.3, 0.4) is 0 Å². The highest BCUT2D eigenvalue weighted by Crippen LogP contribution is 2.37. The molecular weight excluding hydrogens is 408 g/mol. The highest BCUT2D eigenvalue weighted by atomic mass is 16.6. The Morgan fingerprint density at radius 2 is 1.84 bits per heavy atom. The van der Waals surface area contributed by atoms with Gasteiger partial charge in [-0.2, -0.15) is 0 Å². The maximum absolute atomic E-state index is 11.7. The summed E-state index contributed by atoms with van der Waals surface area (Å²) in [5.74, 6) is -0.341. The number of amides is 1. The Bertz CT molecular complexity index is 1050. The number of hydrogen-bond donors (Lipinski definition) is 2. The highest BCUT2D eigenvalue weighted by Gasteiger charge is 2.36. The van der Waals surface area contributed by atoms with E-state index in [1.807, 2.05) is 0 Å². The van der Waals surface area contributed by atoms with Gasteiger partial charge in [0.2, 0.25) is 5.91 Å². The molecule has 0 aromatic heterocycles. The van der Waals surface area contributed by atoms with E-state index in [1.165, 1.54) is 29.8 Å². The highest BCUT2D eigenvalue weighted by molar-refractivity contribution is 5.93. The molecule has 1 aliphatic heterocycles. The number of nitrogens with zero attached hydrogens (tertiary/aromatic N) is 3. The lowest BCUT2D eigenvalue weighted by Gasteiger charge is -2.44. The Hall–Kier alpha value is -2.97. The first kappa shape index (κ1) is 22.2. The fraction of sp³-hybridized carbons (Fsp3) is 0.458. The lowest BCUT2D eigenvalue weighted by Crippen LogP contribution is -2.56. The third-order valence-electron chi connectivity index (χ3n) is 6.66. The molecule has 1 fully saturated rings. The molecule has 2 aromatic carbocycles. The predicted molar refractivity (Wildman–Crippen MR) is 124 cm³/mol. The van der Waals surface area contributed by atoms with E-state index in [0.717, 1.165) is 37.3 Å². The average Bonchev–Trinajstić information content (AvgIpc) is 2.75. The van der Waals surface area contributed by atoms with Gasteiger partial charge in [0.15, 0.2) is 0 Å². The second-order valence-electron chi connectivity index (χ2n) is 8.89. The Morgan fingerprint density at radius 1 is 1.12 bits per heavy atom. The van der Waals surface area contributed by atoms with Crippen LogP contribution in [0.5, 0.6) is 0 Å². The van der Waals surface area contributed by atoms with Crippen molar-refractivity contribution in [3.8, 4) is 0 Å². The number of aryl methyl sites for hydroxylation is 2. The molecule has 1 amide bonds. The molecule has 170 valence electrons. The minimum atomic E-state index is -0.554. The van der Waals surface area contributed by atoms with Gasteiger partial charge in [0, 0.05) is 57.3 Å². The number of rotatable bonds is 4. The molecule has 2 N–H and O–H groups in total. The molecule has 32 heavy (non-hydrogen) atoms. The van der Waals surface area contributed by atoms with Gasteiger partial charge >= 0.3 is 0 Å². The van der Waals surface area contributed by atoms with Crippen LogP contribution in [0.1, 0.15) is 29.2 Å². The molecular formula is C24H30N4O4. The molecule has 8 heteroatoms. The fourth-order valence-electron chi connectivity index (χ4n) is 5.00.